The van der Waals surface area contributed by atoms with E-state index < -0.39 is 25.9 Å². The van der Waals surface area contributed by atoms with Crippen molar-refractivity contribution in [1.82, 2.24) is 0 Å². The molecule has 1 rings (SSSR count). The lowest BCUT2D eigenvalue weighted by molar-refractivity contribution is -0.757. The lowest BCUT2D eigenvalue weighted by atomic mass is 10.0. The molecule has 0 bridgehead atoms. The predicted molar refractivity (Wildman–Crippen MR) is 120 cm³/mol. The van der Waals surface area contributed by atoms with E-state index in [1.54, 1.807) is 6.07 Å². The van der Waals surface area contributed by atoms with Crippen LogP contribution in [0.3, 0.4) is 0 Å². The molecule has 184 valence electrons. The van der Waals surface area contributed by atoms with E-state index in [2.05, 4.69) is 4.84 Å². The number of carbonyl (C=O) groups is 3. The third kappa shape index (κ3) is 12.8. The molecule has 0 spiro atoms. The Morgan fingerprint density at radius 1 is 1.12 bits per heavy atom. The maximum atomic E-state index is 12.6. The van der Waals surface area contributed by atoms with Gasteiger partial charge < -0.3 is 14.3 Å². The molecule has 0 aliphatic heterocycles. The van der Waals surface area contributed by atoms with Gasteiger partial charge in [-0.2, -0.15) is 0 Å². The van der Waals surface area contributed by atoms with Crippen LogP contribution in [0.2, 0.25) is 0 Å². The second-order valence-corrected chi connectivity index (χ2v) is 11.5. The van der Waals surface area contributed by atoms with Gasteiger partial charge in [0.2, 0.25) is 0 Å². The van der Waals surface area contributed by atoms with Crippen molar-refractivity contribution in [3.05, 3.63) is 39.4 Å². The number of hydrogen-bond acceptors (Lipinski definition) is 11. The van der Waals surface area contributed by atoms with E-state index in [0.29, 0.717) is 22.8 Å². The quantitative estimate of drug-likeness (QED) is 0.0812. The van der Waals surface area contributed by atoms with Crippen LogP contribution in [-0.4, -0.2) is 56.4 Å². The summed E-state index contributed by atoms with van der Waals surface area (Å²) in [7, 11) is -2.67. The Bertz CT molecular complexity index is 946. The topological polar surface area (TPSA) is 156 Å². The molecule has 0 unspecified atom stereocenters. The summed E-state index contributed by atoms with van der Waals surface area (Å²) in [4.78, 5) is 51.0. The van der Waals surface area contributed by atoms with Crippen molar-refractivity contribution < 1.29 is 42.2 Å². The average molecular weight is 506 g/mol. The maximum Gasteiger partial charge on any atom is 0.341 e. The van der Waals surface area contributed by atoms with Crippen LogP contribution in [0.5, 0.6) is 5.75 Å². The van der Waals surface area contributed by atoms with E-state index in [9.17, 15) is 32.9 Å². The number of rotatable bonds is 16. The summed E-state index contributed by atoms with van der Waals surface area (Å²) in [5, 5.41) is 9.17. The van der Waals surface area contributed by atoms with Gasteiger partial charge in [-0.25, -0.2) is 13.2 Å². The Morgan fingerprint density at radius 2 is 1.85 bits per heavy atom. The minimum absolute atomic E-state index is 0.00347. The number of esters is 2. The number of ketones is 1. The SMILES string of the molecule is CCCCC(=O)Cc1ccc(OC(=O)CCCO[N+](=O)[O-])c(C(=O)OCCSS(C)(=O)=O)c1. The van der Waals surface area contributed by atoms with Gasteiger partial charge in [0.25, 0.3) is 5.09 Å². The van der Waals surface area contributed by atoms with Gasteiger partial charge >= 0.3 is 11.9 Å². The lowest BCUT2D eigenvalue weighted by Gasteiger charge is -2.12. The molecule has 0 radical (unpaired) electrons. The van der Waals surface area contributed by atoms with Gasteiger partial charge in [-0.3, -0.25) is 9.59 Å². The monoisotopic (exact) mass is 505 g/mol. The highest BCUT2D eigenvalue weighted by atomic mass is 33.1. The number of hydrogen-bond donors (Lipinski definition) is 0. The van der Waals surface area contributed by atoms with E-state index in [0.717, 1.165) is 19.1 Å². The van der Waals surface area contributed by atoms with Crippen LogP contribution >= 0.6 is 10.8 Å². The number of carbonyl (C=O) groups excluding carboxylic acids is 3. The molecule has 1 aromatic rings. The Hall–Kier alpha value is -2.67. The summed E-state index contributed by atoms with van der Waals surface area (Å²) >= 11 is 0. The van der Waals surface area contributed by atoms with Crippen LogP contribution in [0.25, 0.3) is 0 Å². The van der Waals surface area contributed by atoms with Gasteiger partial charge in [0.15, 0.2) is 8.87 Å². The summed E-state index contributed by atoms with van der Waals surface area (Å²) in [5.41, 5.74) is 0.447. The predicted octanol–water partition coefficient (Wildman–Crippen LogP) is 2.73. The standard InChI is InChI=1S/C20H27NO10S2/c1-3-4-6-16(22)13-15-8-9-18(31-19(23)7-5-10-30-21(25)26)17(14-15)20(24)29-11-12-32-33(2,27)28/h8-9,14H,3-7,10-13H2,1-2H3. The number of ether oxygens (including phenoxy) is 2. The van der Waals surface area contributed by atoms with Crippen LogP contribution < -0.4 is 4.74 Å². The van der Waals surface area contributed by atoms with Gasteiger partial charge in [-0.15, -0.1) is 10.1 Å². The molecule has 0 heterocycles. The smallest absolute Gasteiger partial charge is 0.341 e. The molecule has 1 aromatic carbocycles. The Kier molecular flexibility index (Phi) is 12.4. The van der Waals surface area contributed by atoms with Crippen molar-refractivity contribution >= 4 is 37.4 Å². The molecule has 0 aliphatic carbocycles. The second-order valence-electron chi connectivity index (χ2n) is 6.95. The number of nitrogens with zero attached hydrogens (tertiary/aromatic N) is 1. The minimum Gasteiger partial charge on any atom is -0.461 e. The fourth-order valence-electron chi connectivity index (χ4n) is 2.55. The zero-order valence-corrected chi connectivity index (χ0v) is 20.1. The molecule has 13 heteroatoms. The van der Waals surface area contributed by atoms with Gasteiger partial charge in [0.05, 0.1) is 6.61 Å². The molecule has 0 fully saturated rings. The van der Waals surface area contributed by atoms with Crippen LogP contribution in [0, 0.1) is 10.1 Å². The third-order valence-corrected chi connectivity index (χ3v) is 6.58. The largest absolute Gasteiger partial charge is 0.461 e. The first-order valence-corrected chi connectivity index (χ1v) is 13.5. The molecule has 0 aliphatic rings. The van der Waals surface area contributed by atoms with Crippen molar-refractivity contribution in [3.8, 4) is 5.75 Å². The fraction of sp³-hybridized carbons (Fsp3) is 0.550. The summed E-state index contributed by atoms with van der Waals surface area (Å²) in [6, 6.07) is 4.32. The zero-order valence-electron chi connectivity index (χ0n) is 18.4. The number of benzene rings is 1. The highest BCUT2D eigenvalue weighted by Crippen LogP contribution is 2.23. The third-order valence-electron chi connectivity index (χ3n) is 4.03. The maximum absolute atomic E-state index is 12.6. The van der Waals surface area contributed by atoms with Gasteiger partial charge in [-0.1, -0.05) is 19.4 Å². The van der Waals surface area contributed by atoms with E-state index >= 15 is 0 Å². The lowest BCUT2D eigenvalue weighted by Crippen LogP contribution is -2.15. The van der Waals surface area contributed by atoms with Crippen LogP contribution in [0.1, 0.15) is 54.9 Å². The summed E-state index contributed by atoms with van der Waals surface area (Å²) in [6.45, 7) is 1.49. The van der Waals surface area contributed by atoms with Crippen molar-refractivity contribution in [3.63, 3.8) is 0 Å². The molecular weight excluding hydrogens is 478 g/mol. The molecule has 0 atom stereocenters. The molecule has 0 amide bonds. The molecule has 0 saturated heterocycles. The molecule has 0 N–H and O–H groups in total. The van der Waals surface area contributed by atoms with Crippen molar-refractivity contribution in [2.24, 2.45) is 0 Å². The van der Waals surface area contributed by atoms with Gasteiger partial charge in [0, 0.05) is 31.3 Å². The summed E-state index contributed by atoms with van der Waals surface area (Å²) in [6.07, 6.45) is 3.00. The van der Waals surface area contributed by atoms with Gasteiger partial charge in [-0.05, 0) is 41.3 Å². The molecule has 0 aromatic heterocycles. The van der Waals surface area contributed by atoms with Crippen molar-refractivity contribution in [1.29, 1.82) is 0 Å². The number of Topliss-reactive ketones (excluding diaryl/α,β-unsaturated/α-hetero) is 1. The molecule has 11 nitrogen and oxygen atoms in total. The first kappa shape index (κ1) is 28.4. The van der Waals surface area contributed by atoms with Crippen molar-refractivity contribution in [2.75, 3.05) is 25.2 Å². The zero-order chi connectivity index (χ0) is 24.9. The highest BCUT2D eigenvalue weighted by molar-refractivity contribution is 8.71. The van der Waals surface area contributed by atoms with Crippen LogP contribution in [-0.2, 0) is 34.5 Å². The highest BCUT2D eigenvalue weighted by Gasteiger charge is 2.19. The second kappa shape index (κ2) is 14.5. The summed E-state index contributed by atoms with van der Waals surface area (Å²) < 4.78 is 32.7. The number of unbranched alkanes of at least 4 members (excludes halogenated alkanes) is 1. The van der Waals surface area contributed by atoms with E-state index in [4.69, 9.17) is 9.47 Å². The van der Waals surface area contributed by atoms with E-state index in [-0.39, 0.29) is 55.3 Å². The fourth-order valence-corrected chi connectivity index (χ4v) is 4.12. The Labute approximate surface area is 195 Å². The average Bonchev–Trinajstić information content (AvgIpc) is 2.73. The first-order valence-electron chi connectivity index (χ1n) is 10.2. The normalized spacial score (nSPS) is 11.0. The minimum atomic E-state index is -3.29. The first-order chi connectivity index (χ1) is 15.5. The van der Waals surface area contributed by atoms with Crippen LogP contribution in [0.4, 0.5) is 0 Å². The van der Waals surface area contributed by atoms with E-state index in [1.807, 2.05) is 6.92 Å². The Balaban J connectivity index is 2.89. The van der Waals surface area contributed by atoms with Crippen LogP contribution in [0.15, 0.2) is 18.2 Å². The Morgan fingerprint density at radius 3 is 2.48 bits per heavy atom. The molecule has 33 heavy (non-hydrogen) atoms. The van der Waals surface area contributed by atoms with Gasteiger partial charge in [0.1, 0.15) is 23.7 Å². The molecule has 0 saturated carbocycles. The van der Waals surface area contributed by atoms with E-state index in [1.165, 1.54) is 12.1 Å². The summed E-state index contributed by atoms with van der Waals surface area (Å²) in [5.74, 6) is -1.66. The van der Waals surface area contributed by atoms with Crippen molar-refractivity contribution in [2.45, 2.75) is 45.4 Å². The molecular formula is C20H27NO10S2.